The maximum absolute atomic E-state index is 12.2. The Kier molecular flexibility index (Phi) is 4.39. The predicted molar refractivity (Wildman–Crippen MR) is 78.7 cm³/mol. The summed E-state index contributed by atoms with van der Waals surface area (Å²) in [5.41, 5.74) is 0.469. The predicted octanol–water partition coefficient (Wildman–Crippen LogP) is 1.86. The molecule has 1 heterocycles. The van der Waals surface area contributed by atoms with E-state index in [9.17, 15) is 9.59 Å². The highest BCUT2D eigenvalue weighted by Crippen LogP contribution is 2.18. The first-order chi connectivity index (χ1) is 9.50. The van der Waals surface area contributed by atoms with E-state index in [0.717, 1.165) is 4.47 Å². The van der Waals surface area contributed by atoms with Crippen molar-refractivity contribution in [2.45, 2.75) is 6.54 Å². The number of rotatable bonds is 3. The molecule has 106 valence electrons. The van der Waals surface area contributed by atoms with Crippen LogP contribution in [-0.4, -0.2) is 41.2 Å². The normalized spacial score (nSPS) is 10.6. The number of fused-ring (bicyclic) bond motifs is 1. The van der Waals surface area contributed by atoms with Gasteiger partial charge in [0.15, 0.2) is 0 Å². The first kappa shape index (κ1) is 14.5. The van der Waals surface area contributed by atoms with Gasteiger partial charge in [-0.3, -0.25) is 9.36 Å². The number of aromatic nitrogens is 2. The molecule has 0 fully saturated rings. The van der Waals surface area contributed by atoms with Gasteiger partial charge >= 0.3 is 6.09 Å². The third kappa shape index (κ3) is 2.98. The lowest BCUT2D eigenvalue weighted by molar-refractivity contribution is 0.114. The van der Waals surface area contributed by atoms with Gasteiger partial charge in [-0.25, -0.2) is 9.78 Å². The van der Waals surface area contributed by atoms with Crippen LogP contribution in [0, 0.1) is 0 Å². The molecule has 1 aromatic heterocycles. The highest BCUT2D eigenvalue weighted by atomic mass is 79.9. The number of carbonyl (C=O) groups is 1. The van der Waals surface area contributed by atoms with Gasteiger partial charge in [-0.1, -0.05) is 6.07 Å². The molecule has 0 atom stereocenters. The third-order valence-corrected chi connectivity index (χ3v) is 3.37. The molecule has 0 radical (unpaired) electrons. The van der Waals surface area contributed by atoms with E-state index in [1.165, 1.54) is 15.8 Å². The minimum Gasteiger partial charge on any atom is -0.448 e. The molecule has 7 heteroatoms. The molecule has 6 nitrogen and oxygen atoms in total. The average Bonchev–Trinajstić information content (AvgIpc) is 2.42. The van der Waals surface area contributed by atoms with E-state index in [1.54, 1.807) is 26.2 Å². The lowest BCUT2D eigenvalue weighted by atomic mass is 10.2. The maximum atomic E-state index is 12.2. The SMILES string of the molecule is CN(C)C(=O)OCCn1cnc2c(Br)cccc2c1=O. The van der Waals surface area contributed by atoms with E-state index in [0.29, 0.717) is 10.9 Å². The van der Waals surface area contributed by atoms with E-state index in [4.69, 9.17) is 4.74 Å². The molecule has 2 rings (SSSR count). The van der Waals surface area contributed by atoms with Gasteiger partial charge in [-0.2, -0.15) is 0 Å². The van der Waals surface area contributed by atoms with Gasteiger partial charge in [0.2, 0.25) is 0 Å². The Morgan fingerprint density at radius 3 is 2.90 bits per heavy atom. The van der Waals surface area contributed by atoms with Gasteiger partial charge in [0.25, 0.3) is 5.56 Å². The minimum absolute atomic E-state index is 0.123. The van der Waals surface area contributed by atoms with Crippen LogP contribution in [0.25, 0.3) is 10.9 Å². The summed E-state index contributed by atoms with van der Waals surface area (Å²) in [5.74, 6) is 0. The topological polar surface area (TPSA) is 64.4 Å². The van der Waals surface area contributed by atoms with Crippen molar-refractivity contribution in [1.29, 1.82) is 0 Å². The number of amides is 1. The third-order valence-electron chi connectivity index (χ3n) is 2.73. The van der Waals surface area contributed by atoms with E-state index >= 15 is 0 Å². The minimum atomic E-state index is -0.436. The number of para-hydroxylation sites is 1. The van der Waals surface area contributed by atoms with Crippen molar-refractivity contribution in [3.05, 3.63) is 39.4 Å². The molecule has 0 bridgehead atoms. The molecule has 0 aliphatic heterocycles. The molecule has 0 unspecified atom stereocenters. The van der Waals surface area contributed by atoms with Crippen molar-refractivity contribution >= 4 is 32.9 Å². The highest BCUT2D eigenvalue weighted by Gasteiger charge is 2.08. The Morgan fingerprint density at radius 1 is 1.45 bits per heavy atom. The zero-order valence-corrected chi connectivity index (χ0v) is 12.8. The number of hydrogen-bond donors (Lipinski definition) is 0. The molecule has 0 saturated heterocycles. The monoisotopic (exact) mass is 339 g/mol. The van der Waals surface area contributed by atoms with Gasteiger partial charge < -0.3 is 9.64 Å². The summed E-state index contributed by atoms with van der Waals surface area (Å²) in [6.07, 6.45) is 1.02. The van der Waals surface area contributed by atoms with Crippen LogP contribution in [0.15, 0.2) is 33.8 Å². The van der Waals surface area contributed by atoms with Crippen LogP contribution in [0.4, 0.5) is 4.79 Å². The van der Waals surface area contributed by atoms with Crippen LogP contribution in [0.2, 0.25) is 0 Å². The first-order valence-corrected chi connectivity index (χ1v) is 6.77. The Balaban J connectivity index is 2.18. The van der Waals surface area contributed by atoms with Crippen molar-refractivity contribution in [1.82, 2.24) is 14.5 Å². The van der Waals surface area contributed by atoms with Crippen molar-refractivity contribution in [2.75, 3.05) is 20.7 Å². The van der Waals surface area contributed by atoms with Crippen molar-refractivity contribution in [3.8, 4) is 0 Å². The molecule has 1 aromatic carbocycles. The van der Waals surface area contributed by atoms with E-state index < -0.39 is 6.09 Å². The van der Waals surface area contributed by atoms with Crippen LogP contribution in [-0.2, 0) is 11.3 Å². The van der Waals surface area contributed by atoms with E-state index in [1.807, 2.05) is 6.07 Å². The molecule has 2 aromatic rings. The Morgan fingerprint density at radius 2 is 2.20 bits per heavy atom. The van der Waals surface area contributed by atoms with E-state index in [-0.39, 0.29) is 18.7 Å². The quantitative estimate of drug-likeness (QED) is 0.856. The lowest BCUT2D eigenvalue weighted by Crippen LogP contribution is -2.27. The summed E-state index contributed by atoms with van der Waals surface area (Å²) in [5, 5.41) is 0.529. The van der Waals surface area contributed by atoms with Gasteiger partial charge in [0, 0.05) is 18.6 Å². The summed E-state index contributed by atoms with van der Waals surface area (Å²) >= 11 is 3.36. The van der Waals surface area contributed by atoms with Crippen molar-refractivity contribution in [2.24, 2.45) is 0 Å². The lowest BCUT2D eigenvalue weighted by Gasteiger charge is -2.12. The van der Waals surface area contributed by atoms with E-state index in [2.05, 4.69) is 20.9 Å². The van der Waals surface area contributed by atoms with Gasteiger partial charge in [-0.15, -0.1) is 0 Å². The second kappa shape index (κ2) is 6.04. The Bertz CT molecular complexity index is 697. The zero-order chi connectivity index (χ0) is 14.7. The highest BCUT2D eigenvalue weighted by molar-refractivity contribution is 9.10. The molecule has 1 amide bonds. The second-order valence-electron chi connectivity index (χ2n) is 4.39. The Labute approximate surface area is 124 Å². The largest absolute Gasteiger partial charge is 0.448 e. The number of halogens is 1. The summed E-state index contributed by atoms with van der Waals surface area (Å²) in [4.78, 5) is 29.1. The van der Waals surface area contributed by atoms with Crippen LogP contribution in [0.3, 0.4) is 0 Å². The summed E-state index contributed by atoms with van der Waals surface area (Å²) in [6, 6.07) is 5.33. The van der Waals surface area contributed by atoms with Crippen LogP contribution in [0.5, 0.6) is 0 Å². The van der Waals surface area contributed by atoms with Gasteiger partial charge in [0.05, 0.1) is 23.8 Å². The van der Waals surface area contributed by atoms with Crippen LogP contribution < -0.4 is 5.56 Å². The summed E-state index contributed by atoms with van der Waals surface area (Å²) in [6.45, 7) is 0.395. The second-order valence-corrected chi connectivity index (χ2v) is 5.24. The fraction of sp³-hybridized carbons (Fsp3) is 0.308. The average molecular weight is 340 g/mol. The zero-order valence-electron chi connectivity index (χ0n) is 11.2. The molecule has 0 aliphatic rings. The van der Waals surface area contributed by atoms with Crippen LogP contribution >= 0.6 is 15.9 Å². The van der Waals surface area contributed by atoms with Crippen molar-refractivity contribution < 1.29 is 9.53 Å². The number of nitrogens with zero attached hydrogens (tertiary/aromatic N) is 3. The molecule has 0 N–H and O–H groups in total. The number of carbonyl (C=O) groups excluding carboxylic acids is 1. The molecule has 0 saturated carbocycles. The molecule has 0 spiro atoms. The molecular weight excluding hydrogens is 326 g/mol. The number of ether oxygens (including phenoxy) is 1. The maximum Gasteiger partial charge on any atom is 0.409 e. The summed E-state index contributed by atoms with van der Waals surface area (Å²) in [7, 11) is 3.20. The smallest absolute Gasteiger partial charge is 0.409 e. The molecule has 20 heavy (non-hydrogen) atoms. The summed E-state index contributed by atoms with van der Waals surface area (Å²) < 4.78 is 7.19. The molecular formula is C13H14BrN3O3. The number of hydrogen-bond acceptors (Lipinski definition) is 4. The molecule has 0 aliphatic carbocycles. The van der Waals surface area contributed by atoms with Crippen molar-refractivity contribution in [3.63, 3.8) is 0 Å². The standard InChI is InChI=1S/C13H14BrN3O3/c1-16(2)13(19)20-7-6-17-8-15-11-9(12(17)18)4-3-5-10(11)14/h3-5,8H,6-7H2,1-2H3. The van der Waals surface area contributed by atoms with Crippen LogP contribution in [0.1, 0.15) is 0 Å². The fourth-order valence-electron chi connectivity index (χ4n) is 1.67. The van der Waals surface area contributed by atoms with Gasteiger partial charge in [0.1, 0.15) is 6.61 Å². The number of benzene rings is 1. The fourth-order valence-corrected chi connectivity index (χ4v) is 2.14. The first-order valence-electron chi connectivity index (χ1n) is 5.98. The van der Waals surface area contributed by atoms with Gasteiger partial charge in [-0.05, 0) is 28.1 Å². The Hall–Kier alpha value is -1.89.